The molecule has 0 radical (unpaired) electrons. The number of carbonyl (C=O) groups is 1. The monoisotopic (exact) mass is 302 g/mol. The van der Waals surface area contributed by atoms with Crippen LogP contribution in [0.5, 0.6) is 0 Å². The summed E-state index contributed by atoms with van der Waals surface area (Å²) in [6.07, 6.45) is 0. The number of amides is 1. The van der Waals surface area contributed by atoms with Crippen LogP contribution in [0.15, 0.2) is 29.8 Å². The molecule has 2 rings (SSSR count). The molecule has 1 aromatic carbocycles. The highest BCUT2D eigenvalue weighted by atomic mass is 32.1. The third-order valence-electron chi connectivity index (χ3n) is 3.31. The standard InChI is InChI=1S/C17H22N2OS/c1-11(16(20)19-17(3,4)5)13-6-8-14(9-7-13)15-12(2)18-10-21-15/h6-11H,1-5H3,(H,19,20)/t11-/m0/s1. The second kappa shape index (κ2) is 5.98. The molecular weight excluding hydrogens is 280 g/mol. The van der Waals surface area contributed by atoms with Crippen LogP contribution >= 0.6 is 11.3 Å². The predicted octanol–water partition coefficient (Wildman–Crippen LogP) is 4.14. The van der Waals surface area contributed by atoms with Crippen molar-refractivity contribution >= 4 is 17.2 Å². The summed E-state index contributed by atoms with van der Waals surface area (Å²) in [5, 5.41) is 3.02. The van der Waals surface area contributed by atoms with Gasteiger partial charge < -0.3 is 5.32 Å². The lowest BCUT2D eigenvalue weighted by Crippen LogP contribution is -2.42. The number of aryl methyl sites for hydroxylation is 1. The van der Waals surface area contributed by atoms with Crippen molar-refractivity contribution in [2.45, 2.75) is 46.1 Å². The highest BCUT2D eigenvalue weighted by molar-refractivity contribution is 7.13. The molecule has 0 saturated heterocycles. The Bertz CT molecular complexity index is 623. The lowest BCUT2D eigenvalue weighted by molar-refractivity contribution is -0.123. The Morgan fingerprint density at radius 2 is 1.86 bits per heavy atom. The van der Waals surface area contributed by atoms with E-state index in [1.54, 1.807) is 11.3 Å². The highest BCUT2D eigenvalue weighted by Gasteiger charge is 2.20. The van der Waals surface area contributed by atoms with Crippen molar-refractivity contribution in [3.8, 4) is 10.4 Å². The summed E-state index contributed by atoms with van der Waals surface area (Å²) in [5.41, 5.74) is 4.89. The van der Waals surface area contributed by atoms with Gasteiger partial charge in [0.2, 0.25) is 5.91 Å². The Hall–Kier alpha value is -1.68. The molecule has 4 heteroatoms. The average Bonchev–Trinajstić information content (AvgIpc) is 2.82. The zero-order valence-electron chi connectivity index (χ0n) is 13.2. The number of carbonyl (C=O) groups excluding carboxylic acids is 1. The number of nitrogens with zero attached hydrogens (tertiary/aromatic N) is 1. The molecule has 21 heavy (non-hydrogen) atoms. The van der Waals surface area contributed by atoms with Crippen LogP contribution in [0, 0.1) is 6.92 Å². The quantitative estimate of drug-likeness (QED) is 0.926. The molecule has 0 spiro atoms. The van der Waals surface area contributed by atoms with Crippen molar-refractivity contribution in [2.75, 3.05) is 0 Å². The maximum atomic E-state index is 12.2. The van der Waals surface area contributed by atoms with Gasteiger partial charge in [-0.1, -0.05) is 24.3 Å². The second-order valence-corrected chi connectivity index (χ2v) is 7.20. The smallest absolute Gasteiger partial charge is 0.227 e. The fraction of sp³-hybridized carbons (Fsp3) is 0.412. The van der Waals surface area contributed by atoms with Crippen molar-refractivity contribution in [3.63, 3.8) is 0 Å². The highest BCUT2D eigenvalue weighted by Crippen LogP contribution is 2.28. The van der Waals surface area contributed by atoms with E-state index in [0.29, 0.717) is 0 Å². The lowest BCUT2D eigenvalue weighted by atomic mass is 9.97. The van der Waals surface area contributed by atoms with Gasteiger partial charge in [-0.15, -0.1) is 11.3 Å². The molecule has 0 aliphatic carbocycles. The van der Waals surface area contributed by atoms with Crippen LogP contribution in [0.25, 0.3) is 10.4 Å². The largest absolute Gasteiger partial charge is 0.351 e. The van der Waals surface area contributed by atoms with Crippen LogP contribution < -0.4 is 5.32 Å². The van der Waals surface area contributed by atoms with Gasteiger partial charge in [-0.05, 0) is 45.7 Å². The van der Waals surface area contributed by atoms with Crippen molar-refractivity contribution in [1.82, 2.24) is 10.3 Å². The average molecular weight is 302 g/mol. The zero-order chi connectivity index (χ0) is 15.6. The molecule has 2 aromatic rings. The number of hydrogen-bond donors (Lipinski definition) is 1. The number of rotatable bonds is 3. The molecule has 3 nitrogen and oxygen atoms in total. The fourth-order valence-corrected chi connectivity index (χ4v) is 2.94. The Labute approximate surface area is 130 Å². The molecule has 1 atom stereocenters. The van der Waals surface area contributed by atoms with E-state index in [1.807, 2.05) is 52.3 Å². The van der Waals surface area contributed by atoms with Gasteiger partial charge >= 0.3 is 0 Å². The summed E-state index contributed by atoms with van der Waals surface area (Å²) in [6.45, 7) is 9.93. The van der Waals surface area contributed by atoms with Crippen LogP contribution in [0.2, 0.25) is 0 Å². The van der Waals surface area contributed by atoms with Crippen LogP contribution in [0.1, 0.15) is 44.9 Å². The molecule has 0 unspecified atom stereocenters. The van der Waals surface area contributed by atoms with Gasteiger partial charge in [-0.3, -0.25) is 4.79 Å². The van der Waals surface area contributed by atoms with Gasteiger partial charge in [0.25, 0.3) is 0 Å². The van der Waals surface area contributed by atoms with Gasteiger partial charge in [-0.25, -0.2) is 4.98 Å². The number of hydrogen-bond acceptors (Lipinski definition) is 3. The Kier molecular flexibility index (Phi) is 4.47. The van der Waals surface area contributed by atoms with Crippen LogP contribution in [0.3, 0.4) is 0 Å². The van der Waals surface area contributed by atoms with E-state index in [-0.39, 0.29) is 17.4 Å². The molecule has 0 fully saturated rings. The van der Waals surface area contributed by atoms with Crippen LogP contribution in [0.4, 0.5) is 0 Å². The summed E-state index contributed by atoms with van der Waals surface area (Å²) < 4.78 is 0. The molecule has 0 aliphatic heterocycles. The first-order valence-electron chi connectivity index (χ1n) is 7.10. The van der Waals surface area contributed by atoms with Crippen LogP contribution in [-0.2, 0) is 4.79 Å². The molecule has 112 valence electrons. The third kappa shape index (κ3) is 3.91. The maximum absolute atomic E-state index is 12.2. The van der Waals surface area contributed by atoms with Gasteiger partial charge in [0.05, 0.1) is 22.0 Å². The summed E-state index contributed by atoms with van der Waals surface area (Å²) in [7, 11) is 0. The Morgan fingerprint density at radius 3 is 2.33 bits per heavy atom. The number of nitrogens with one attached hydrogen (secondary N) is 1. The van der Waals surface area contributed by atoms with Gasteiger partial charge in [0, 0.05) is 5.54 Å². The molecule has 0 saturated carbocycles. The van der Waals surface area contributed by atoms with E-state index >= 15 is 0 Å². The normalized spacial score (nSPS) is 13.0. The van der Waals surface area contributed by atoms with E-state index in [9.17, 15) is 4.79 Å². The maximum Gasteiger partial charge on any atom is 0.227 e. The van der Waals surface area contributed by atoms with Gasteiger partial charge in [-0.2, -0.15) is 0 Å². The minimum absolute atomic E-state index is 0.0595. The predicted molar refractivity (Wildman–Crippen MR) is 88.6 cm³/mol. The number of benzene rings is 1. The van der Waals surface area contributed by atoms with Crippen molar-refractivity contribution in [3.05, 3.63) is 41.0 Å². The fourth-order valence-electron chi connectivity index (χ4n) is 2.13. The van der Waals surface area contributed by atoms with E-state index in [0.717, 1.165) is 16.8 Å². The minimum atomic E-state index is -0.203. The van der Waals surface area contributed by atoms with Crippen molar-refractivity contribution in [1.29, 1.82) is 0 Å². The molecule has 0 bridgehead atoms. The van der Waals surface area contributed by atoms with Crippen LogP contribution in [-0.4, -0.2) is 16.4 Å². The molecule has 1 aromatic heterocycles. The topological polar surface area (TPSA) is 42.0 Å². The van der Waals surface area contributed by atoms with Crippen molar-refractivity contribution < 1.29 is 4.79 Å². The van der Waals surface area contributed by atoms with E-state index in [4.69, 9.17) is 0 Å². The Balaban J connectivity index is 2.15. The van der Waals surface area contributed by atoms with Crippen molar-refractivity contribution in [2.24, 2.45) is 0 Å². The molecular formula is C17H22N2OS. The first kappa shape index (κ1) is 15.7. The van der Waals surface area contributed by atoms with Gasteiger partial charge in [0.15, 0.2) is 0 Å². The second-order valence-electron chi connectivity index (χ2n) is 6.35. The van der Waals surface area contributed by atoms with Gasteiger partial charge in [0.1, 0.15) is 0 Å². The van der Waals surface area contributed by atoms with E-state index in [1.165, 1.54) is 4.88 Å². The summed E-state index contributed by atoms with van der Waals surface area (Å²) in [6, 6.07) is 8.19. The molecule has 0 aliphatic rings. The zero-order valence-corrected chi connectivity index (χ0v) is 14.0. The minimum Gasteiger partial charge on any atom is -0.351 e. The summed E-state index contributed by atoms with van der Waals surface area (Å²) in [4.78, 5) is 17.7. The lowest BCUT2D eigenvalue weighted by Gasteiger charge is -2.23. The summed E-state index contributed by atoms with van der Waals surface area (Å²) >= 11 is 1.64. The third-order valence-corrected chi connectivity index (χ3v) is 4.29. The molecule has 1 heterocycles. The summed E-state index contributed by atoms with van der Waals surface area (Å²) in [5.74, 6) is -0.0925. The SMILES string of the molecule is Cc1ncsc1-c1ccc([C@H](C)C(=O)NC(C)(C)C)cc1. The number of aromatic nitrogens is 1. The molecule has 1 N–H and O–H groups in total. The first-order chi connectivity index (χ1) is 9.78. The Morgan fingerprint density at radius 1 is 1.24 bits per heavy atom. The van der Waals surface area contributed by atoms with E-state index < -0.39 is 0 Å². The number of thiazole rings is 1. The van der Waals surface area contributed by atoms with E-state index in [2.05, 4.69) is 22.4 Å². The first-order valence-corrected chi connectivity index (χ1v) is 7.98. The molecule has 1 amide bonds.